The largest absolute Gasteiger partial charge is 0.341 e. The lowest BCUT2D eigenvalue weighted by Crippen LogP contribution is -2.61. The van der Waals surface area contributed by atoms with Crippen LogP contribution >= 0.6 is 0 Å². The second-order valence-electron chi connectivity index (χ2n) is 7.13. The van der Waals surface area contributed by atoms with Gasteiger partial charge in [0.2, 0.25) is 17.7 Å². The van der Waals surface area contributed by atoms with Gasteiger partial charge in [0.25, 0.3) is 0 Å². The number of hydrogen-bond donors (Lipinski definition) is 0. The average Bonchev–Trinajstić information content (AvgIpc) is 2.68. The molecule has 0 aliphatic carbocycles. The van der Waals surface area contributed by atoms with Gasteiger partial charge in [0.05, 0.1) is 6.54 Å². The molecule has 3 amide bonds. The number of rotatable bonds is 5. The number of carbonyl (C=O) groups excluding carboxylic acids is 3. The van der Waals surface area contributed by atoms with Gasteiger partial charge in [0.1, 0.15) is 12.6 Å². The quantitative estimate of drug-likeness (QED) is 0.798. The predicted molar refractivity (Wildman–Crippen MR) is 98.3 cm³/mol. The molecule has 3 rings (SSSR count). The first kappa shape index (κ1) is 18.4. The number of amides is 3. The van der Waals surface area contributed by atoms with Gasteiger partial charge in [-0.3, -0.25) is 14.4 Å². The Kier molecular flexibility index (Phi) is 5.91. The van der Waals surface area contributed by atoms with E-state index in [4.69, 9.17) is 0 Å². The van der Waals surface area contributed by atoms with Crippen LogP contribution in [0, 0.1) is 0 Å². The Bertz CT molecular complexity index is 656. The summed E-state index contributed by atoms with van der Waals surface area (Å²) >= 11 is 0. The fraction of sp³-hybridized carbons (Fsp3) is 0.550. The zero-order valence-corrected chi connectivity index (χ0v) is 15.4. The fourth-order valence-corrected chi connectivity index (χ4v) is 3.66. The van der Waals surface area contributed by atoms with Gasteiger partial charge in [0, 0.05) is 19.6 Å². The van der Waals surface area contributed by atoms with E-state index in [0.29, 0.717) is 6.54 Å². The number of carbonyl (C=O) groups is 3. The Morgan fingerprint density at radius 1 is 1.08 bits per heavy atom. The first-order chi connectivity index (χ1) is 12.6. The SMILES string of the molecule is C[C@@H]1C(=O)N(CCc2ccccc2)CC(=O)N1CC(=O)N1CCCCC1. The number of likely N-dealkylation sites (tertiary alicyclic amines) is 1. The van der Waals surface area contributed by atoms with E-state index in [0.717, 1.165) is 44.3 Å². The topological polar surface area (TPSA) is 60.9 Å². The minimum atomic E-state index is -0.583. The molecule has 6 nitrogen and oxygen atoms in total. The van der Waals surface area contributed by atoms with Gasteiger partial charge in [-0.2, -0.15) is 0 Å². The normalized spacial score (nSPS) is 21.3. The van der Waals surface area contributed by atoms with E-state index in [9.17, 15) is 14.4 Å². The number of piperidine rings is 1. The highest BCUT2D eigenvalue weighted by molar-refractivity contribution is 5.96. The molecule has 2 saturated heterocycles. The van der Waals surface area contributed by atoms with Crippen LogP contribution in [-0.2, 0) is 20.8 Å². The van der Waals surface area contributed by atoms with Crippen LogP contribution in [0.25, 0.3) is 0 Å². The molecule has 2 fully saturated rings. The zero-order valence-electron chi connectivity index (χ0n) is 15.4. The molecule has 140 valence electrons. The van der Waals surface area contributed by atoms with Crippen LogP contribution in [0.5, 0.6) is 0 Å². The Balaban J connectivity index is 1.57. The molecule has 26 heavy (non-hydrogen) atoms. The second-order valence-corrected chi connectivity index (χ2v) is 7.13. The summed E-state index contributed by atoms with van der Waals surface area (Å²) in [4.78, 5) is 42.6. The van der Waals surface area contributed by atoms with Crippen molar-refractivity contribution in [2.45, 2.75) is 38.6 Å². The van der Waals surface area contributed by atoms with E-state index < -0.39 is 6.04 Å². The Hall–Kier alpha value is -2.37. The summed E-state index contributed by atoms with van der Waals surface area (Å²) in [6, 6.07) is 9.34. The van der Waals surface area contributed by atoms with Gasteiger partial charge in [-0.1, -0.05) is 30.3 Å². The average molecular weight is 357 g/mol. The van der Waals surface area contributed by atoms with Crippen molar-refractivity contribution in [3.63, 3.8) is 0 Å². The van der Waals surface area contributed by atoms with Crippen molar-refractivity contribution < 1.29 is 14.4 Å². The predicted octanol–water partition coefficient (Wildman–Crippen LogP) is 1.30. The molecule has 6 heteroatoms. The van der Waals surface area contributed by atoms with Crippen LogP contribution in [0.2, 0.25) is 0 Å². The summed E-state index contributed by atoms with van der Waals surface area (Å²) < 4.78 is 0. The molecule has 0 bridgehead atoms. The highest BCUT2D eigenvalue weighted by Crippen LogP contribution is 2.15. The monoisotopic (exact) mass is 357 g/mol. The van der Waals surface area contributed by atoms with Gasteiger partial charge in [0.15, 0.2) is 0 Å². The van der Waals surface area contributed by atoms with Gasteiger partial charge >= 0.3 is 0 Å². The molecule has 1 aromatic rings. The molecule has 1 atom stereocenters. The number of piperazine rings is 1. The maximum absolute atomic E-state index is 12.7. The van der Waals surface area contributed by atoms with Crippen LogP contribution in [0.3, 0.4) is 0 Å². The van der Waals surface area contributed by atoms with Crippen molar-refractivity contribution in [1.29, 1.82) is 0 Å². The summed E-state index contributed by atoms with van der Waals surface area (Å²) in [5.74, 6) is -0.266. The lowest BCUT2D eigenvalue weighted by atomic mass is 10.1. The highest BCUT2D eigenvalue weighted by Gasteiger charge is 2.37. The molecule has 2 aliphatic rings. The smallest absolute Gasteiger partial charge is 0.245 e. The molecule has 0 N–H and O–H groups in total. The number of benzene rings is 1. The van der Waals surface area contributed by atoms with Crippen LogP contribution in [0.15, 0.2) is 30.3 Å². The van der Waals surface area contributed by atoms with Crippen LogP contribution in [0.1, 0.15) is 31.7 Å². The van der Waals surface area contributed by atoms with Gasteiger partial charge in [-0.15, -0.1) is 0 Å². The van der Waals surface area contributed by atoms with Crippen molar-refractivity contribution in [3.05, 3.63) is 35.9 Å². The summed E-state index contributed by atoms with van der Waals surface area (Å²) in [6.07, 6.45) is 3.90. The molecular weight excluding hydrogens is 330 g/mol. The maximum Gasteiger partial charge on any atom is 0.245 e. The Morgan fingerprint density at radius 3 is 2.46 bits per heavy atom. The Labute approximate surface area is 154 Å². The maximum atomic E-state index is 12.7. The molecular formula is C20H27N3O3. The third-order valence-electron chi connectivity index (χ3n) is 5.31. The highest BCUT2D eigenvalue weighted by atomic mass is 16.2. The van der Waals surface area contributed by atoms with Crippen molar-refractivity contribution in [1.82, 2.24) is 14.7 Å². The molecule has 0 aromatic heterocycles. The summed E-state index contributed by atoms with van der Waals surface area (Å²) in [7, 11) is 0. The molecule has 2 heterocycles. The standard InChI is InChI=1S/C20H27N3O3/c1-16-20(26)22(13-10-17-8-4-2-5-9-17)14-19(25)23(16)15-18(24)21-11-6-3-7-12-21/h2,4-5,8-9,16H,3,6-7,10-15H2,1H3/t16-/m1/s1. The van der Waals surface area contributed by atoms with Crippen molar-refractivity contribution in [2.24, 2.45) is 0 Å². The third kappa shape index (κ3) is 4.23. The van der Waals surface area contributed by atoms with E-state index in [1.165, 1.54) is 4.90 Å². The summed E-state index contributed by atoms with van der Waals surface area (Å²) in [6.45, 7) is 3.82. The molecule has 0 saturated carbocycles. The fourth-order valence-electron chi connectivity index (χ4n) is 3.66. The number of hydrogen-bond acceptors (Lipinski definition) is 3. The zero-order chi connectivity index (χ0) is 18.5. The second kappa shape index (κ2) is 8.34. The van der Waals surface area contributed by atoms with Crippen molar-refractivity contribution >= 4 is 17.7 Å². The van der Waals surface area contributed by atoms with E-state index in [1.54, 1.807) is 11.8 Å². The first-order valence-corrected chi connectivity index (χ1v) is 9.46. The van der Waals surface area contributed by atoms with Gasteiger partial charge in [-0.25, -0.2) is 0 Å². The van der Waals surface area contributed by atoms with Gasteiger partial charge in [-0.05, 0) is 38.2 Å². The van der Waals surface area contributed by atoms with Crippen LogP contribution in [-0.4, -0.2) is 71.2 Å². The summed E-state index contributed by atoms with van der Waals surface area (Å²) in [5.41, 5.74) is 1.14. The molecule has 1 aromatic carbocycles. The minimum Gasteiger partial charge on any atom is -0.341 e. The van der Waals surface area contributed by atoms with E-state index in [2.05, 4.69) is 0 Å². The first-order valence-electron chi connectivity index (χ1n) is 9.46. The minimum absolute atomic E-state index is 0.0122. The number of nitrogens with zero attached hydrogens (tertiary/aromatic N) is 3. The van der Waals surface area contributed by atoms with Crippen LogP contribution in [0.4, 0.5) is 0 Å². The lowest BCUT2D eigenvalue weighted by molar-refractivity contribution is -0.157. The lowest BCUT2D eigenvalue weighted by Gasteiger charge is -2.39. The Morgan fingerprint density at radius 2 is 1.77 bits per heavy atom. The van der Waals surface area contributed by atoms with E-state index in [1.807, 2.05) is 35.2 Å². The molecule has 0 spiro atoms. The van der Waals surface area contributed by atoms with Crippen LogP contribution < -0.4 is 0 Å². The van der Waals surface area contributed by atoms with E-state index >= 15 is 0 Å². The molecule has 0 unspecified atom stereocenters. The van der Waals surface area contributed by atoms with Gasteiger partial charge < -0.3 is 14.7 Å². The molecule has 2 aliphatic heterocycles. The van der Waals surface area contributed by atoms with Crippen molar-refractivity contribution in [2.75, 3.05) is 32.7 Å². The van der Waals surface area contributed by atoms with Crippen molar-refractivity contribution in [3.8, 4) is 0 Å². The summed E-state index contributed by atoms with van der Waals surface area (Å²) in [5, 5.41) is 0. The third-order valence-corrected chi connectivity index (χ3v) is 5.31. The molecule has 0 radical (unpaired) electrons. The van der Waals surface area contributed by atoms with E-state index in [-0.39, 0.29) is 30.8 Å².